The molecule has 148 valence electrons. The number of rotatable bonds is 3. The first kappa shape index (κ1) is 18.5. The maximum atomic E-state index is 13.1. The minimum Gasteiger partial charge on any atom is -0.482 e. The van der Waals surface area contributed by atoms with Crippen LogP contribution in [0.5, 0.6) is 17.4 Å². The normalized spacial score (nSPS) is 24.0. The largest absolute Gasteiger partial charge is 0.482 e. The minimum absolute atomic E-state index is 0.0645. The van der Waals surface area contributed by atoms with Crippen molar-refractivity contribution in [1.82, 2.24) is 14.9 Å². The van der Waals surface area contributed by atoms with Crippen LogP contribution in [0.3, 0.4) is 0 Å². The molecule has 1 saturated heterocycles. The predicted octanol–water partition coefficient (Wildman–Crippen LogP) is 2.69. The van der Waals surface area contributed by atoms with Gasteiger partial charge in [0.1, 0.15) is 18.0 Å². The molecule has 2 aliphatic heterocycles. The number of fused-ring (bicyclic) bond motifs is 1. The molecule has 0 spiro atoms. The summed E-state index contributed by atoms with van der Waals surface area (Å²) in [7, 11) is 0. The van der Waals surface area contributed by atoms with E-state index < -0.39 is 6.10 Å². The van der Waals surface area contributed by atoms with Crippen LogP contribution < -0.4 is 14.2 Å². The Morgan fingerprint density at radius 1 is 1.18 bits per heavy atom. The van der Waals surface area contributed by atoms with Gasteiger partial charge in [-0.05, 0) is 45.7 Å². The van der Waals surface area contributed by atoms with Gasteiger partial charge in [0, 0.05) is 18.3 Å². The molecule has 3 heterocycles. The molecule has 4 rings (SSSR count). The maximum Gasteiger partial charge on any atom is 0.267 e. The average molecular weight is 383 g/mol. The molecule has 7 nitrogen and oxygen atoms in total. The first-order chi connectivity index (χ1) is 13.5. The molecule has 1 fully saturated rings. The lowest BCUT2D eigenvalue weighted by Gasteiger charge is -2.37. The molecule has 28 heavy (non-hydrogen) atoms. The van der Waals surface area contributed by atoms with Gasteiger partial charge in [-0.15, -0.1) is 0 Å². The molecule has 1 aromatic carbocycles. The molecule has 0 saturated carbocycles. The summed E-state index contributed by atoms with van der Waals surface area (Å²) in [4.78, 5) is 23.5. The lowest BCUT2D eigenvalue weighted by atomic mass is 10.1. The van der Waals surface area contributed by atoms with Crippen LogP contribution in [0.15, 0.2) is 30.3 Å². The Bertz CT molecular complexity index is 852. The molecule has 0 radical (unpaired) electrons. The third-order valence-corrected chi connectivity index (χ3v) is 5.01. The second-order valence-electron chi connectivity index (χ2n) is 7.37. The van der Waals surface area contributed by atoms with E-state index in [4.69, 9.17) is 14.2 Å². The fourth-order valence-electron chi connectivity index (χ4n) is 3.72. The van der Waals surface area contributed by atoms with Gasteiger partial charge in [-0.1, -0.05) is 12.1 Å². The Morgan fingerprint density at radius 3 is 2.68 bits per heavy atom. The van der Waals surface area contributed by atoms with Gasteiger partial charge in [0.2, 0.25) is 12.0 Å². The quantitative estimate of drug-likeness (QED) is 0.811. The van der Waals surface area contributed by atoms with Crippen molar-refractivity contribution in [3.05, 3.63) is 41.9 Å². The first-order valence-corrected chi connectivity index (χ1v) is 9.69. The number of aromatic nitrogens is 2. The molecule has 1 amide bonds. The number of carbonyl (C=O) groups is 1. The summed E-state index contributed by atoms with van der Waals surface area (Å²) in [5, 5.41) is 0. The first-order valence-electron chi connectivity index (χ1n) is 9.69. The van der Waals surface area contributed by atoms with Crippen molar-refractivity contribution in [3.63, 3.8) is 0 Å². The number of para-hydroxylation sites is 2. The lowest BCUT2D eigenvalue weighted by Crippen LogP contribution is -2.54. The number of carbonyl (C=O) groups excluding carboxylic acids is 1. The van der Waals surface area contributed by atoms with Crippen LogP contribution in [-0.4, -0.2) is 52.2 Å². The standard InChI is InChI=1S/C21H25N3O4/c1-13-11-19(23-15(3)22-13)27-16-7-6-10-24(12-16)21(25)20-14(2)26-17-8-4-5-9-18(17)28-20/h4-5,8-9,11,14,16,20H,6-7,10,12H2,1-3H3. The Balaban J connectivity index is 1.43. The van der Waals surface area contributed by atoms with Gasteiger partial charge in [-0.3, -0.25) is 4.79 Å². The fourth-order valence-corrected chi connectivity index (χ4v) is 3.72. The Labute approximate surface area is 164 Å². The maximum absolute atomic E-state index is 13.1. The summed E-state index contributed by atoms with van der Waals surface area (Å²) in [5.74, 6) is 2.46. The summed E-state index contributed by atoms with van der Waals surface area (Å²) >= 11 is 0. The number of likely N-dealkylation sites (tertiary alicyclic amines) is 1. The van der Waals surface area contributed by atoms with Gasteiger partial charge >= 0.3 is 0 Å². The number of aryl methyl sites for hydroxylation is 2. The van der Waals surface area contributed by atoms with Crippen molar-refractivity contribution < 1.29 is 19.0 Å². The van der Waals surface area contributed by atoms with Gasteiger partial charge in [0.15, 0.2) is 11.5 Å². The minimum atomic E-state index is -0.655. The summed E-state index contributed by atoms with van der Waals surface area (Å²) in [6.45, 7) is 6.82. The van der Waals surface area contributed by atoms with Crippen LogP contribution in [0.1, 0.15) is 31.3 Å². The number of piperidine rings is 1. The number of ether oxygens (including phenoxy) is 3. The molecule has 2 aromatic rings. The second-order valence-corrected chi connectivity index (χ2v) is 7.37. The van der Waals surface area contributed by atoms with Gasteiger partial charge < -0.3 is 19.1 Å². The Morgan fingerprint density at radius 2 is 1.93 bits per heavy atom. The highest BCUT2D eigenvalue weighted by molar-refractivity contribution is 5.82. The summed E-state index contributed by atoms with van der Waals surface area (Å²) in [6.07, 6.45) is 0.649. The van der Waals surface area contributed by atoms with E-state index in [1.54, 1.807) is 0 Å². The molecule has 3 unspecified atom stereocenters. The molecular formula is C21H25N3O4. The Kier molecular flexibility index (Phi) is 5.07. The predicted molar refractivity (Wildman–Crippen MR) is 103 cm³/mol. The van der Waals surface area contributed by atoms with E-state index in [1.165, 1.54) is 0 Å². The van der Waals surface area contributed by atoms with E-state index in [2.05, 4.69) is 9.97 Å². The molecule has 3 atom stereocenters. The van der Waals surface area contributed by atoms with E-state index in [-0.39, 0.29) is 18.1 Å². The van der Waals surface area contributed by atoms with E-state index in [9.17, 15) is 4.79 Å². The highest BCUT2D eigenvalue weighted by atomic mass is 16.6. The SMILES string of the molecule is Cc1cc(OC2CCCN(C(=O)C3Oc4ccccc4OC3C)C2)nc(C)n1. The number of hydrogen-bond acceptors (Lipinski definition) is 6. The van der Waals surface area contributed by atoms with E-state index >= 15 is 0 Å². The van der Waals surface area contributed by atoms with Crippen LogP contribution in [0, 0.1) is 13.8 Å². The van der Waals surface area contributed by atoms with E-state index in [0.717, 1.165) is 18.5 Å². The van der Waals surface area contributed by atoms with Crippen LogP contribution in [0.2, 0.25) is 0 Å². The number of benzene rings is 1. The zero-order chi connectivity index (χ0) is 19.7. The molecule has 0 aliphatic carbocycles. The second kappa shape index (κ2) is 7.66. The van der Waals surface area contributed by atoms with Crippen LogP contribution in [0.4, 0.5) is 0 Å². The Hall–Kier alpha value is -2.83. The topological polar surface area (TPSA) is 73.8 Å². The van der Waals surface area contributed by atoms with E-state index in [0.29, 0.717) is 36.3 Å². The summed E-state index contributed by atoms with van der Waals surface area (Å²) in [5.41, 5.74) is 0.867. The molecule has 2 aliphatic rings. The highest BCUT2D eigenvalue weighted by Crippen LogP contribution is 2.34. The molecule has 1 aromatic heterocycles. The monoisotopic (exact) mass is 383 g/mol. The van der Waals surface area contributed by atoms with Crippen molar-refractivity contribution in [2.75, 3.05) is 13.1 Å². The lowest BCUT2D eigenvalue weighted by molar-refractivity contribution is -0.147. The van der Waals surface area contributed by atoms with E-state index in [1.807, 2.05) is 56.0 Å². The molecule has 0 bridgehead atoms. The summed E-state index contributed by atoms with van der Waals surface area (Å²) in [6, 6.07) is 9.26. The smallest absolute Gasteiger partial charge is 0.267 e. The van der Waals surface area contributed by atoms with Crippen molar-refractivity contribution in [2.24, 2.45) is 0 Å². The van der Waals surface area contributed by atoms with Crippen LogP contribution >= 0.6 is 0 Å². The van der Waals surface area contributed by atoms with Gasteiger partial charge in [0.05, 0.1) is 6.54 Å². The van der Waals surface area contributed by atoms with Crippen molar-refractivity contribution >= 4 is 5.91 Å². The zero-order valence-electron chi connectivity index (χ0n) is 16.4. The molecule has 0 N–H and O–H groups in total. The molecular weight excluding hydrogens is 358 g/mol. The third kappa shape index (κ3) is 3.88. The number of amides is 1. The number of hydrogen-bond donors (Lipinski definition) is 0. The fraction of sp³-hybridized carbons (Fsp3) is 0.476. The average Bonchev–Trinajstić information content (AvgIpc) is 2.66. The van der Waals surface area contributed by atoms with Gasteiger partial charge in [-0.2, -0.15) is 4.98 Å². The highest BCUT2D eigenvalue weighted by Gasteiger charge is 2.38. The third-order valence-electron chi connectivity index (χ3n) is 5.01. The molecule has 7 heteroatoms. The van der Waals surface area contributed by atoms with Crippen LogP contribution in [0.25, 0.3) is 0 Å². The van der Waals surface area contributed by atoms with Gasteiger partial charge in [0.25, 0.3) is 5.91 Å². The van der Waals surface area contributed by atoms with Crippen molar-refractivity contribution in [2.45, 2.75) is 51.9 Å². The van der Waals surface area contributed by atoms with Gasteiger partial charge in [-0.25, -0.2) is 4.98 Å². The zero-order valence-corrected chi connectivity index (χ0v) is 16.4. The van der Waals surface area contributed by atoms with Crippen molar-refractivity contribution in [1.29, 1.82) is 0 Å². The summed E-state index contributed by atoms with van der Waals surface area (Å²) < 4.78 is 17.9. The number of nitrogens with zero attached hydrogens (tertiary/aromatic N) is 3. The van der Waals surface area contributed by atoms with Crippen molar-refractivity contribution in [3.8, 4) is 17.4 Å². The van der Waals surface area contributed by atoms with Crippen LogP contribution in [-0.2, 0) is 4.79 Å².